The molecule has 3 nitrogen and oxygen atoms in total. The summed E-state index contributed by atoms with van der Waals surface area (Å²) in [5.41, 5.74) is 7.87. The third-order valence-corrected chi connectivity index (χ3v) is 12.1. The molecule has 46 heavy (non-hydrogen) atoms. The lowest BCUT2D eigenvalue weighted by Crippen LogP contribution is -2.24. The molecule has 2 aromatic heterocycles. The molecule has 0 fully saturated rings. The van der Waals surface area contributed by atoms with Gasteiger partial charge < -0.3 is 13.4 Å². The van der Waals surface area contributed by atoms with Crippen LogP contribution in [0.15, 0.2) is 173 Å². The van der Waals surface area contributed by atoms with Crippen LogP contribution in [0, 0.1) is 0 Å². The monoisotopic (exact) mass is 610 g/mol. The Hall–Kier alpha value is -5.63. The van der Waals surface area contributed by atoms with Gasteiger partial charge in [-0.2, -0.15) is 0 Å². The fraction of sp³-hybridized carbons (Fsp3) is 0. The van der Waals surface area contributed by atoms with Crippen LogP contribution in [0.5, 0.6) is 0 Å². The van der Waals surface area contributed by atoms with Crippen LogP contribution in [0.1, 0.15) is 0 Å². The normalized spacial score (nSPS) is 12.0. The Morgan fingerprint density at radius 3 is 1.22 bits per heavy atom. The molecule has 0 radical (unpaired) electrons. The molecule has 4 heteroatoms. The zero-order chi connectivity index (χ0) is 30.7. The van der Waals surface area contributed by atoms with E-state index in [0.717, 1.165) is 82.0 Å². The average Bonchev–Trinajstić information content (AvgIpc) is 3.69. The van der Waals surface area contributed by atoms with Crippen molar-refractivity contribution in [2.75, 3.05) is 0 Å². The van der Waals surface area contributed by atoms with Crippen LogP contribution in [0.4, 0.5) is 0 Å². The Kier molecular flexibility index (Phi) is 6.09. The van der Waals surface area contributed by atoms with E-state index in [9.17, 15) is 4.57 Å². The highest BCUT2D eigenvalue weighted by molar-refractivity contribution is 7.85. The van der Waals surface area contributed by atoms with Crippen LogP contribution in [0.3, 0.4) is 0 Å². The maximum absolute atomic E-state index is 14.8. The molecular formula is C42H27O3P. The highest BCUT2D eigenvalue weighted by atomic mass is 31.2. The molecule has 0 N–H and O–H groups in total. The second-order valence-electron chi connectivity index (χ2n) is 11.7. The molecule has 0 aliphatic heterocycles. The topological polar surface area (TPSA) is 43.4 Å². The number of hydrogen-bond acceptors (Lipinski definition) is 3. The van der Waals surface area contributed by atoms with Gasteiger partial charge in [0.15, 0.2) is 7.14 Å². The van der Waals surface area contributed by atoms with Crippen molar-refractivity contribution in [1.29, 1.82) is 0 Å². The van der Waals surface area contributed by atoms with Gasteiger partial charge in [-0.15, -0.1) is 0 Å². The zero-order valence-electron chi connectivity index (χ0n) is 24.8. The molecule has 0 bridgehead atoms. The van der Waals surface area contributed by atoms with Crippen molar-refractivity contribution in [3.63, 3.8) is 0 Å². The average molecular weight is 611 g/mol. The number of rotatable bonds is 5. The van der Waals surface area contributed by atoms with Crippen molar-refractivity contribution in [1.82, 2.24) is 0 Å². The van der Waals surface area contributed by atoms with Gasteiger partial charge in [0.1, 0.15) is 22.3 Å². The lowest BCUT2D eigenvalue weighted by Gasteiger charge is -2.20. The number of benzene rings is 7. The fourth-order valence-corrected chi connectivity index (χ4v) is 9.28. The van der Waals surface area contributed by atoms with Gasteiger partial charge in [0.2, 0.25) is 0 Å². The van der Waals surface area contributed by atoms with Crippen LogP contribution in [-0.2, 0) is 4.57 Å². The van der Waals surface area contributed by atoms with Gasteiger partial charge >= 0.3 is 0 Å². The number of fused-ring (bicyclic) bond motifs is 6. The van der Waals surface area contributed by atoms with Gasteiger partial charge in [-0.1, -0.05) is 121 Å². The van der Waals surface area contributed by atoms with Crippen molar-refractivity contribution in [3.8, 4) is 22.3 Å². The van der Waals surface area contributed by atoms with Crippen LogP contribution >= 0.6 is 7.14 Å². The Balaban J connectivity index is 1.11. The summed E-state index contributed by atoms with van der Waals surface area (Å²) < 4.78 is 27.1. The summed E-state index contributed by atoms with van der Waals surface area (Å²) >= 11 is 0. The molecule has 0 atom stereocenters. The van der Waals surface area contributed by atoms with Gasteiger partial charge in [-0.25, -0.2) is 0 Å². The third-order valence-electron chi connectivity index (χ3n) is 8.98. The van der Waals surface area contributed by atoms with Gasteiger partial charge in [0.05, 0.1) is 0 Å². The summed E-state index contributed by atoms with van der Waals surface area (Å²) in [6.07, 6.45) is 0. The SMILES string of the molecule is O=P(c1ccccc1)(c1ccccc1)c1ccc(-c2ccc3oc4ccc(-c5ccc6oc7ccccc7c6c5)cc4c3c2)cc1. The highest BCUT2D eigenvalue weighted by Crippen LogP contribution is 2.43. The summed E-state index contributed by atoms with van der Waals surface area (Å²) in [5, 5.41) is 6.84. The maximum Gasteiger partial charge on any atom is 0.171 e. The summed E-state index contributed by atoms with van der Waals surface area (Å²) in [4.78, 5) is 0. The van der Waals surface area contributed by atoms with Crippen LogP contribution in [0.25, 0.3) is 66.1 Å². The first-order valence-corrected chi connectivity index (χ1v) is 17.1. The van der Waals surface area contributed by atoms with Crippen molar-refractivity contribution in [3.05, 3.63) is 164 Å². The molecule has 0 aliphatic carbocycles. The third kappa shape index (κ3) is 4.24. The minimum Gasteiger partial charge on any atom is -0.456 e. The fourth-order valence-electron chi connectivity index (χ4n) is 6.63. The number of hydrogen-bond donors (Lipinski definition) is 0. The number of para-hydroxylation sites is 1. The van der Waals surface area contributed by atoms with Gasteiger partial charge in [-0.3, -0.25) is 0 Å². The van der Waals surface area contributed by atoms with Gasteiger partial charge in [0.25, 0.3) is 0 Å². The van der Waals surface area contributed by atoms with Crippen LogP contribution in [0.2, 0.25) is 0 Å². The van der Waals surface area contributed by atoms with Gasteiger partial charge in [-0.05, 0) is 64.7 Å². The molecule has 0 amide bonds. The van der Waals surface area contributed by atoms with Crippen molar-refractivity contribution in [2.24, 2.45) is 0 Å². The summed E-state index contributed by atoms with van der Waals surface area (Å²) in [5.74, 6) is 0. The minimum atomic E-state index is -3.03. The molecule has 9 rings (SSSR count). The Labute approximate surface area is 265 Å². The predicted molar refractivity (Wildman–Crippen MR) is 191 cm³/mol. The Morgan fingerprint density at radius 2 is 0.696 bits per heavy atom. The predicted octanol–water partition coefficient (Wildman–Crippen LogP) is 10.5. The van der Waals surface area contributed by atoms with E-state index in [4.69, 9.17) is 8.83 Å². The maximum atomic E-state index is 14.8. The minimum absolute atomic E-state index is 0.815. The summed E-state index contributed by atoms with van der Waals surface area (Å²) in [6, 6.07) is 55.0. The van der Waals surface area contributed by atoms with E-state index < -0.39 is 7.14 Å². The van der Waals surface area contributed by atoms with E-state index in [-0.39, 0.29) is 0 Å². The van der Waals surface area contributed by atoms with E-state index in [1.807, 2.05) is 97.1 Å². The van der Waals surface area contributed by atoms with Gasteiger partial charge in [0, 0.05) is 37.5 Å². The lowest BCUT2D eigenvalue weighted by atomic mass is 9.99. The second-order valence-corrected chi connectivity index (χ2v) is 14.4. The molecule has 0 spiro atoms. The molecule has 2 heterocycles. The molecule has 0 saturated carbocycles. The van der Waals surface area contributed by atoms with Crippen LogP contribution < -0.4 is 15.9 Å². The first-order chi connectivity index (χ1) is 22.6. The van der Waals surface area contributed by atoms with E-state index in [1.54, 1.807) is 0 Å². The molecule has 0 saturated heterocycles. The molecule has 7 aromatic carbocycles. The van der Waals surface area contributed by atoms with E-state index in [2.05, 4.69) is 66.7 Å². The molecule has 0 unspecified atom stereocenters. The molecule has 0 aliphatic rings. The quantitative estimate of drug-likeness (QED) is 0.182. The smallest absolute Gasteiger partial charge is 0.171 e. The highest BCUT2D eigenvalue weighted by Gasteiger charge is 2.29. The standard InChI is InChI=1S/C42H27O3P/c43-46(32-9-3-1-4-10-32,33-11-5-2-6-12-33)34-20-15-28(16-21-34)29-17-22-41-37(25-29)38-27-31(19-24-42(38)45-41)30-18-23-40-36(26-30)35-13-7-8-14-39(35)44-40/h1-27H. The second kappa shape index (κ2) is 10.5. The van der Waals surface area contributed by atoms with Crippen LogP contribution in [-0.4, -0.2) is 0 Å². The summed E-state index contributed by atoms with van der Waals surface area (Å²) in [6.45, 7) is 0. The van der Waals surface area contributed by atoms with Crippen molar-refractivity contribution < 1.29 is 13.4 Å². The molecular weight excluding hydrogens is 583 g/mol. The lowest BCUT2D eigenvalue weighted by molar-refractivity contribution is 0.592. The van der Waals surface area contributed by atoms with E-state index in [1.165, 1.54) is 0 Å². The Bertz CT molecular complexity index is 2550. The van der Waals surface area contributed by atoms with Crippen molar-refractivity contribution >= 4 is 66.9 Å². The summed E-state index contributed by atoms with van der Waals surface area (Å²) in [7, 11) is -3.03. The van der Waals surface area contributed by atoms with E-state index >= 15 is 0 Å². The molecule has 218 valence electrons. The van der Waals surface area contributed by atoms with Crippen molar-refractivity contribution in [2.45, 2.75) is 0 Å². The molecule has 9 aromatic rings. The Morgan fingerprint density at radius 1 is 0.326 bits per heavy atom. The first-order valence-electron chi connectivity index (χ1n) is 15.4. The number of furan rings is 2. The first kappa shape index (κ1) is 26.7. The zero-order valence-corrected chi connectivity index (χ0v) is 25.7. The largest absolute Gasteiger partial charge is 0.456 e. The van der Waals surface area contributed by atoms with E-state index in [0.29, 0.717) is 0 Å².